The molecule has 1 amide bonds. The van der Waals surface area contributed by atoms with E-state index in [9.17, 15) is 14.4 Å². The molecule has 0 spiro atoms. The fourth-order valence-corrected chi connectivity index (χ4v) is 6.15. The molecular formula is C43H79NO4. The molecule has 2 atom stereocenters. The van der Waals surface area contributed by atoms with E-state index >= 15 is 0 Å². The van der Waals surface area contributed by atoms with Crippen LogP contribution in [0, 0.1) is 5.92 Å². The van der Waals surface area contributed by atoms with Gasteiger partial charge in [-0.3, -0.25) is 14.4 Å². The van der Waals surface area contributed by atoms with E-state index in [0.29, 0.717) is 19.3 Å². The lowest BCUT2D eigenvalue weighted by Gasteiger charge is -2.20. The molecule has 1 N–H and O–H groups in total. The highest BCUT2D eigenvalue weighted by atomic mass is 16.6. The van der Waals surface area contributed by atoms with Crippen LogP contribution in [0.25, 0.3) is 0 Å². The molecule has 0 heterocycles. The third kappa shape index (κ3) is 32.6. The Kier molecular flexibility index (Phi) is 34.9. The molecule has 48 heavy (non-hydrogen) atoms. The van der Waals surface area contributed by atoms with Crippen LogP contribution < -0.4 is 5.32 Å². The lowest BCUT2D eigenvalue weighted by atomic mass is 9.92. The number of esters is 1. The van der Waals surface area contributed by atoms with Gasteiger partial charge in [0.05, 0.1) is 0 Å². The van der Waals surface area contributed by atoms with Gasteiger partial charge in [0.15, 0.2) is 6.23 Å². The van der Waals surface area contributed by atoms with Crippen molar-refractivity contribution in [1.82, 2.24) is 5.32 Å². The first kappa shape index (κ1) is 46.1. The number of hydrogen-bond acceptors (Lipinski definition) is 4. The number of ether oxygens (including phenoxy) is 1. The first-order valence-corrected chi connectivity index (χ1v) is 20.7. The highest BCUT2D eigenvalue weighted by molar-refractivity contribution is 5.80. The van der Waals surface area contributed by atoms with E-state index in [-0.39, 0.29) is 30.0 Å². The van der Waals surface area contributed by atoms with E-state index in [1.807, 2.05) is 0 Å². The van der Waals surface area contributed by atoms with Gasteiger partial charge in [0.1, 0.15) is 5.78 Å². The molecule has 0 aliphatic rings. The van der Waals surface area contributed by atoms with Gasteiger partial charge in [-0.15, -0.1) is 0 Å². The van der Waals surface area contributed by atoms with Crippen LogP contribution in [-0.2, 0) is 19.1 Å². The molecule has 0 aliphatic heterocycles. The second-order valence-electron chi connectivity index (χ2n) is 14.2. The number of Topliss-reactive ketones (excluding diaryl/α,β-unsaturated/α-hetero) is 1. The summed E-state index contributed by atoms with van der Waals surface area (Å²) in [6.45, 7) is 8.25. The first-order valence-electron chi connectivity index (χ1n) is 20.7. The van der Waals surface area contributed by atoms with Crippen molar-refractivity contribution < 1.29 is 19.1 Å². The quantitative estimate of drug-likeness (QED) is 0.0311. The standard InChI is InChI=1S/C43H79NO4/c1-5-8-11-13-15-17-19-21-22-23-25-27-29-31-33-36-43(47)48-42(35-10-7-3)44-41(46)38-37-40(39(4)45)34-32-30-28-26-24-20-18-16-14-12-9-6-2/h21-22,24,26,40,42H,5-20,23,25,27-38H2,1-4H3,(H,44,46). The van der Waals surface area contributed by atoms with Crippen molar-refractivity contribution in [1.29, 1.82) is 0 Å². The van der Waals surface area contributed by atoms with Crippen molar-refractivity contribution in [3.8, 4) is 0 Å². The van der Waals surface area contributed by atoms with E-state index in [0.717, 1.165) is 64.2 Å². The second kappa shape index (κ2) is 36.4. The maximum absolute atomic E-state index is 12.8. The molecule has 5 heteroatoms. The van der Waals surface area contributed by atoms with Crippen LogP contribution in [0.3, 0.4) is 0 Å². The van der Waals surface area contributed by atoms with Crippen molar-refractivity contribution in [2.75, 3.05) is 0 Å². The predicted octanol–water partition coefficient (Wildman–Crippen LogP) is 13.1. The van der Waals surface area contributed by atoms with Gasteiger partial charge in [0.25, 0.3) is 0 Å². The third-order valence-electron chi connectivity index (χ3n) is 9.42. The SMILES string of the molecule is CCCCCCCCC=CCCCCCCCC(=O)OC(CCCC)NC(=O)CCC(CCCCC=CCCCCCCCC)C(C)=O. The molecule has 0 aromatic carbocycles. The van der Waals surface area contributed by atoms with Crippen molar-refractivity contribution >= 4 is 17.7 Å². The van der Waals surface area contributed by atoms with Crippen LogP contribution in [0.1, 0.15) is 220 Å². The third-order valence-corrected chi connectivity index (χ3v) is 9.42. The number of ketones is 1. The molecule has 0 aliphatic carbocycles. The zero-order valence-electron chi connectivity index (χ0n) is 32.3. The molecule has 5 nitrogen and oxygen atoms in total. The Balaban J connectivity index is 4.12. The lowest BCUT2D eigenvalue weighted by molar-refractivity contribution is -0.152. The Morgan fingerprint density at radius 2 is 0.938 bits per heavy atom. The van der Waals surface area contributed by atoms with Gasteiger partial charge in [-0.1, -0.05) is 141 Å². The number of nitrogens with one attached hydrogen (secondary N) is 1. The van der Waals surface area contributed by atoms with Crippen molar-refractivity contribution in [3.63, 3.8) is 0 Å². The Morgan fingerprint density at radius 3 is 1.42 bits per heavy atom. The fourth-order valence-electron chi connectivity index (χ4n) is 6.15. The van der Waals surface area contributed by atoms with Crippen molar-refractivity contribution in [3.05, 3.63) is 24.3 Å². The van der Waals surface area contributed by atoms with E-state index < -0.39 is 6.23 Å². The molecule has 0 radical (unpaired) electrons. The normalized spacial score (nSPS) is 12.9. The molecule has 280 valence electrons. The van der Waals surface area contributed by atoms with Crippen molar-refractivity contribution in [2.24, 2.45) is 5.92 Å². The summed E-state index contributed by atoms with van der Waals surface area (Å²) in [6, 6.07) is 0. The molecular weight excluding hydrogens is 594 g/mol. The largest absolute Gasteiger partial charge is 0.442 e. The summed E-state index contributed by atoms with van der Waals surface area (Å²) in [5.74, 6) is -0.276. The van der Waals surface area contributed by atoms with Crippen molar-refractivity contribution in [2.45, 2.75) is 227 Å². The fraction of sp³-hybridized carbons (Fsp3) is 0.837. The molecule has 0 rings (SSSR count). The molecule has 0 fully saturated rings. The van der Waals surface area contributed by atoms with Crippen LogP contribution in [0.4, 0.5) is 0 Å². The zero-order valence-corrected chi connectivity index (χ0v) is 32.3. The molecule has 0 saturated heterocycles. The summed E-state index contributed by atoms with van der Waals surface area (Å²) in [6.07, 6.45) is 41.5. The zero-order chi connectivity index (χ0) is 35.3. The molecule has 0 aromatic heterocycles. The Labute approximate surface area is 298 Å². The molecule has 0 saturated carbocycles. The number of rotatable bonds is 36. The summed E-state index contributed by atoms with van der Waals surface area (Å²) in [5, 5.41) is 2.94. The van der Waals surface area contributed by atoms with Crippen LogP contribution in [0.15, 0.2) is 24.3 Å². The minimum atomic E-state index is -0.577. The van der Waals surface area contributed by atoms with Gasteiger partial charge in [0, 0.05) is 25.2 Å². The summed E-state index contributed by atoms with van der Waals surface area (Å²) in [7, 11) is 0. The van der Waals surface area contributed by atoms with Gasteiger partial charge in [-0.25, -0.2) is 0 Å². The Hall–Kier alpha value is -1.91. The topological polar surface area (TPSA) is 72.5 Å². The number of unbranched alkanes of at least 4 members (excludes halogenated alkanes) is 20. The number of allylic oxidation sites excluding steroid dienone is 4. The summed E-state index contributed by atoms with van der Waals surface area (Å²) in [4.78, 5) is 37.6. The number of carbonyl (C=O) groups is 3. The lowest BCUT2D eigenvalue weighted by Crippen LogP contribution is -2.38. The molecule has 2 unspecified atom stereocenters. The monoisotopic (exact) mass is 674 g/mol. The molecule has 0 aromatic rings. The first-order chi connectivity index (χ1) is 23.4. The smallest absolute Gasteiger partial charge is 0.307 e. The number of amides is 1. The van der Waals surface area contributed by atoms with Gasteiger partial charge in [-0.05, 0) is 84.0 Å². The van der Waals surface area contributed by atoms with Crippen LogP contribution in [0.2, 0.25) is 0 Å². The maximum Gasteiger partial charge on any atom is 0.307 e. The van der Waals surface area contributed by atoms with E-state index in [1.165, 1.54) is 103 Å². The highest BCUT2D eigenvalue weighted by Crippen LogP contribution is 2.18. The van der Waals surface area contributed by atoms with Gasteiger partial charge in [-0.2, -0.15) is 0 Å². The minimum Gasteiger partial charge on any atom is -0.442 e. The van der Waals surface area contributed by atoms with Crippen LogP contribution in [0.5, 0.6) is 0 Å². The van der Waals surface area contributed by atoms with E-state index in [1.54, 1.807) is 6.92 Å². The van der Waals surface area contributed by atoms with E-state index in [2.05, 4.69) is 50.4 Å². The van der Waals surface area contributed by atoms with Gasteiger partial charge < -0.3 is 10.1 Å². The average molecular weight is 674 g/mol. The van der Waals surface area contributed by atoms with Crippen LogP contribution >= 0.6 is 0 Å². The maximum atomic E-state index is 12.8. The summed E-state index contributed by atoms with van der Waals surface area (Å²) >= 11 is 0. The minimum absolute atomic E-state index is 0.0828. The summed E-state index contributed by atoms with van der Waals surface area (Å²) in [5.41, 5.74) is 0. The summed E-state index contributed by atoms with van der Waals surface area (Å²) < 4.78 is 5.69. The predicted molar refractivity (Wildman–Crippen MR) is 206 cm³/mol. The Morgan fingerprint density at radius 1 is 0.500 bits per heavy atom. The highest BCUT2D eigenvalue weighted by Gasteiger charge is 2.19. The van der Waals surface area contributed by atoms with Gasteiger partial charge in [0.2, 0.25) is 5.91 Å². The second-order valence-corrected chi connectivity index (χ2v) is 14.2. The molecule has 0 bridgehead atoms. The average Bonchev–Trinajstić information content (AvgIpc) is 3.07. The number of hydrogen-bond donors (Lipinski definition) is 1. The van der Waals surface area contributed by atoms with Crippen LogP contribution in [-0.4, -0.2) is 23.9 Å². The Bertz CT molecular complexity index is 805. The number of carbonyl (C=O) groups excluding carboxylic acids is 3. The van der Waals surface area contributed by atoms with Gasteiger partial charge >= 0.3 is 5.97 Å². The van der Waals surface area contributed by atoms with E-state index in [4.69, 9.17) is 4.74 Å².